The lowest BCUT2D eigenvalue weighted by atomic mass is 10.0. The number of benzene rings is 2. The van der Waals surface area contributed by atoms with Gasteiger partial charge in [0.05, 0.1) is 23.6 Å². The Kier molecular flexibility index (Phi) is 6.05. The first kappa shape index (κ1) is 21.9. The lowest BCUT2D eigenvalue weighted by Crippen LogP contribution is -2.37. The smallest absolute Gasteiger partial charge is 0.408 e. The molecule has 9 heteroatoms. The van der Waals surface area contributed by atoms with Gasteiger partial charge in [-0.05, 0) is 50.6 Å². The summed E-state index contributed by atoms with van der Waals surface area (Å²) in [4.78, 5) is 54.5. The van der Waals surface area contributed by atoms with E-state index < -0.39 is 47.8 Å². The fourth-order valence-corrected chi connectivity index (χ4v) is 2.98. The fraction of sp³-hybridized carbons (Fsp3) is 0.273. The van der Waals surface area contributed by atoms with Crippen LogP contribution in [0.1, 0.15) is 59.5 Å². The zero-order valence-electron chi connectivity index (χ0n) is 17.2. The molecule has 162 valence electrons. The third-order valence-electron chi connectivity index (χ3n) is 4.26. The van der Waals surface area contributed by atoms with E-state index in [0.29, 0.717) is 5.06 Å². The number of hydroxylamine groups is 2. The maximum Gasteiger partial charge on any atom is 0.408 e. The van der Waals surface area contributed by atoms with E-state index in [2.05, 4.69) is 5.32 Å². The molecule has 2 aromatic rings. The van der Waals surface area contributed by atoms with Crippen LogP contribution in [0.2, 0.25) is 0 Å². The van der Waals surface area contributed by atoms with E-state index in [0.717, 1.165) is 6.07 Å². The number of nitrogens with zero attached hydrogens (tertiary/aromatic N) is 1. The maximum atomic E-state index is 13.7. The van der Waals surface area contributed by atoms with Crippen molar-refractivity contribution in [2.75, 3.05) is 0 Å². The van der Waals surface area contributed by atoms with Crippen LogP contribution in [0.5, 0.6) is 0 Å². The third-order valence-corrected chi connectivity index (χ3v) is 4.26. The Bertz CT molecular complexity index is 1010. The molecule has 3 rings (SSSR count). The summed E-state index contributed by atoms with van der Waals surface area (Å²) in [6.45, 7) is 5.00. The summed E-state index contributed by atoms with van der Waals surface area (Å²) in [5, 5.41) is 2.87. The highest BCUT2D eigenvalue weighted by molar-refractivity contribution is 6.20. The Morgan fingerprint density at radius 2 is 1.65 bits per heavy atom. The van der Waals surface area contributed by atoms with Crippen LogP contribution in [0.15, 0.2) is 48.5 Å². The number of hydrogen-bond acceptors (Lipinski definition) is 6. The second-order valence-corrected chi connectivity index (χ2v) is 7.87. The predicted octanol–water partition coefficient (Wildman–Crippen LogP) is 3.54. The van der Waals surface area contributed by atoms with Gasteiger partial charge in [0, 0.05) is 0 Å². The van der Waals surface area contributed by atoms with Gasteiger partial charge < -0.3 is 14.9 Å². The van der Waals surface area contributed by atoms with Gasteiger partial charge in [-0.3, -0.25) is 9.59 Å². The molecule has 0 bridgehead atoms. The Hall–Kier alpha value is -3.75. The number of rotatable bonds is 5. The van der Waals surface area contributed by atoms with Gasteiger partial charge in [0.1, 0.15) is 11.4 Å². The van der Waals surface area contributed by atoms with Crippen molar-refractivity contribution < 1.29 is 33.1 Å². The molecule has 0 saturated carbocycles. The standard InChI is InChI=1S/C22H21FN2O6/c1-22(2,3)30-21(29)24-17(13-7-6-8-14(23)11-13)12-18(26)31-25-19(27)15-9-4-5-10-16(15)20(25)28/h4-11,17H,12H2,1-3H3,(H,24,29). The van der Waals surface area contributed by atoms with Crippen LogP contribution >= 0.6 is 0 Å². The summed E-state index contributed by atoms with van der Waals surface area (Å²) >= 11 is 0. The molecule has 0 fully saturated rings. The molecule has 1 unspecified atom stereocenters. The van der Waals surface area contributed by atoms with E-state index in [9.17, 15) is 23.6 Å². The highest BCUT2D eigenvalue weighted by Gasteiger charge is 2.39. The minimum atomic E-state index is -1.02. The third kappa shape index (κ3) is 5.25. The van der Waals surface area contributed by atoms with Gasteiger partial charge in [-0.1, -0.05) is 29.3 Å². The number of ether oxygens (including phenoxy) is 1. The molecule has 0 spiro atoms. The van der Waals surface area contributed by atoms with Crippen molar-refractivity contribution in [1.82, 2.24) is 10.4 Å². The molecule has 1 N–H and O–H groups in total. The number of nitrogens with one attached hydrogen (secondary N) is 1. The first-order chi connectivity index (χ1) is 14.5. The summed E-state index contributed by atoms with van der Waals surface area (Å²) in [5.41, 5.74) is -0.273. The quantitative estimate of drug-likeness (QED) is 0.731. The minimum absolute atomic E-state index is 0.119. The van der Waals surface area contributed by atoms with Crippen LogP contribution in [-0.4, -0.2) is 34.5 Å². The van der Waals surface area contributed by atoms with Crippen LogP contribution < -0.4 is 5.32 Å². The normalized spacial score (nSPS) is 14.1. The second-order valence-electron chi connectivity index (χ2n) is 7.87. The first-order valence-electron chi connectivity index (χ1n) is 9.49. The van der Waals surface area contributed by atoms with E-state index in [4.69, 9.17) is 9.57 Å². The van der Waals surface area contributed by atoms with Crippen LogP contribution in [0.3, 0.4) is 0 Å². The number of amides is 3. The van der Waals surface area contributed by atoms with Gasteiger partial charge in [-0.2, -0.15) is 0 Å². The summed E-state index contributed by atoms with van der Waals surface area (Å²) in [5.74, 6) is -3.07. The average molecular weight is 428 g/mol. The topological polar surface area (TPSA) is 102 Å². The Morgan fingerprint density at radius 3 is 2.19 bits per heavy atom. The van der Waals surface area contributed by atoms with Crippen molar-refractivity contribution in [2.24, 2.45) is 0 Å². The molecule has 1 aliphatic heterocycles. The highest BCUT2D eigenvalue weighted by atomic mass is 19.1. The van der Waals surface area contributed by atoms with Gasteiger partial charge in [-0.25, -0.2) is 14.0 Å². The molecule has 1 heterocycles. The van der Waals surface area contributed by atoms with Crippen molar-refractivity contribution in [3.05, 3.63) is 71.0 Å². The van der Waals surface area contributed by atoms with E-state index in [1.165, 1.54) is 30.3 Å². The Morgan fingerprint density at radius 1 is 1.03 bits per heavy atom. The molecule has 0 saturated heterocycles. The van der Waals surface area contributed by atoms with Crippen LogP contribution in [0, 0.1) is 5.82 Å². The predicted molar refractivity (Wildman–Crippen MR) is 106 cm³/mol. The molecule has 0 radical (unpaired) electrons. The number of hydrogen-bond donors (Lipinski definition) is 1. The number of carbonyl (C=O) groups excluding carboxylic acids is 4. The van der Waals surface area contributed by atoms with Gasteiger partial charge in [0.2, 0.25) is 0 Å². The number of imide groups is 1. The SMILES string of the molecule is CC(C)(C)OC(=O)NC(CC(=O)ON1C(=O)c2ccccc2C1=O)c1cccc(F)c1. The molecule has 8 nitrogen and oxygen atoms in total. The second kappa shape index (κ2) is 8.55. The highest BCUT2D eigenvalue weighted by Crippen LogP contribution is 2.25. The Balaban J connectivity index is 1.75. The number of carbonyl (C=O) groups is 4. The van der Waals surface area contributed by atoms with Crippen molar-refractivity contribution in [3.8, 4) is 0 Å². The lowest BCUT2D eigenvalue weighted by molar-refractivity contribution is -0.169. The van der Waals surface area contributed by atoms with E-state index in [1.54, 1.807) is 32.9 Å². The van der Waals surface area contributed by atoms with Crippen molar-refractivity contribution in [2.45, 2.75) is 38.8 Å². The maximum absolute atomic E-state index is 13.7. The molecular weight excluding hydrogens is 407 g/mol. The zero-order valence-corrected chi connectivity index (χ0v) is 17.2. The molecule has 2 aromatic carbocycles. The molecule has 31 heavy (non-hydrogen) atoms. The molecule has 3 amide bonds. The lowest BCUT2D eigenvalue weighted by Gasteiger charge is -2.24. The monoisotopic (exact) mass is 428 g/mol. The molecule has 0 aliphatic carbocycles. The summed E-state index contributed by atoms with van der Waals surface area (Å²) in [6.07, 6.45) is -1.30. The van der Waals surface area contributed by atoms with Gasteiger partial charge in [-0.15, -0.1) is 0 Å². The number of fused-ring (bicyclic) bond motifs is 1. The number of alkyl carbamates (subject to hydrolysis) is 1. The van der Waals surface area contributed by atoms with E-state index in [1.807, 2.05) is 0 Å². The summed E-state index contributed by atoms with van der Waals surface area (Å²) in [7, 11) is 0. The van der Waals surface area contributed by atoms with E-state index >= 15 is 0 Å². The molecule has 1 atom stereocenters. The Labute approximate surface area is 177 Å². The first-order valence-corrected chi connectivity index (χ1v) is 9.49. The minimum Gasteiger partial charge on any atom is -0.444 e. The summed E-state index contributed by atoms with van der Waals surface area (Å²) in [6, 6.07) is 10.3. The van der Waals surface area contributed by atoms with Gasteiger partial charge in [0.15, 0.2) is 0 Å². The van der Waals surface area contributed by atoms with Crippen LogP contribution in [-0.2, 0) is 14.4 Å². The molecule has 0 aromatic heterocycles. The fourth-order valence-electron chi connectivity index (χ4n) is 2.98. The van der Waals surface area contributed by atoms with E-state index in [-0.39, 0.29) is 16.7 Å². The summed E-state index contributed by atoms with van der Waals surface area (Å²) < 4.78 is 18.9. The largest absolute Gasteiger partial charge is 0.444 e. The number of halogens is 1. The van der Waals surface area contributed by atoms with Gasteiger partial charge >= 0.3 is 12.1 Å². The molecule has 1 aliphatic rings. The molecular formula is C22H21FN2O6. The van der Waals surface area contributed by atoms with Gasteiger partial charge in [0.25, 0.3) is 11.8 Å². The van der Waals surface area contributed by atoms with Crippen molar-refractivity contribution >= 4 is 23.9 Å². The van der Waals surface area contributed by atoms with Crippen molar-refractivity contribution in [1.29, 1.82) is 0 Å². The zero-order chi connectivity index (χ0) is 22.8. The van der Waals surface area contributed by atoms with Crippen LogP contribution in [0.4, 0.5) is 9.18 Å². The average Bonchev–Trinajstić information content (AvgIpc) is 2.91. The van der Waals surface area contributed by atoms with Crippen LogP contribution in [0.25, 0.3) is 0 Å². The van der Waals surface area contributed by atoms with Crippen molar-refractivity contribution in [3.63, 3.8) is 0 Å².